The van der Waals surface area contributed by atoms with Crippen molar-refractivity contribution in [1.82, 2.24) is 4.98 Å². The number of ketones is 1. The van der Waals surface area contributed by atoms with Gasteiger partial charge in [-0.25, -0.2) is 19.6 Å². The van der Waals surface area contributed by atoms with Crippen LogP contribution in [0.3, 0.4) is 0 Å². The molecule has 0 spiro atoms. The molecule has 5 aromatic carbocycles. The number of hydrogen-bond donors (Lipinski definition) is 0. The van der Waals surface area contributed by atoms with Crippen molar-refractivity contribution in [2.45, 2.75) is 142 Å². The van der Waals surface area contributed by atoms with Gasteiger partial charge in [0, 0.05) is 36.6 Å². The number of aromatic nitrogens is 1. The van der Waals surface area contributed by atoms with Crippen molar-refractivity contribution in [3.63, 3.8) is 0 Å². The normalized spacial score (nSPS) is 16.6. The molecular formula is C71H83N3O13S. The molecule has 2 saturated carbocycles. The number of carbonyl (C=O) groups excluding carboxylic acids is 6. The molecule has 0 atom stereocenters. The zero-order valence-electron chi connectivity index (χ0n) is 50.7. The third-order valence-corrected chi connectivity index (χ3v) is 17.2. The van der Waals surface area contributed by atoms with Crippen LogP contribution in [-0.4, -0.2) is 79.8 Å². The van der Waals surface area contributed by atoms with Gasteiger partial charge in [-0.05, 0) is 198 Å². The van der Waals surface area contributed by atoms with Gasteiger partial charge in [-0.1, -0.05) is 81.0 Å². The van der Waals surface area contributed by atoms with Gasteiger partial charge in [0.15, 0.2) is 0 Å². The molecule has 0 bridgehead atoms. The second kappa shape index (κ2) is 35.0. The number of anilines is 1. The van der Waals surface area contributed by atoms with Gasteiger partial charge < -0.3 is 33.2 Å². The number of rotatable bonds is 35. The van der Waals surface area contributed by atoms with Crippen LogP contribution < -0.4 is 28.7 Å². The van der Waals surface area contributed by atoms with E-state index in [1.807, 2.05) is 53.5 Å². The number of esters is 5. The second-order valence-electron chi connectivity index (χ2n) is 22.7. The highest BCUT2D eigenvalue weighted by atomic mass is 32.1. The molecule has 2 aliphatic carbocycles. The molecule has 8 rings (SSSR count). The van der Waals surface area contributed by atoms with Crippen LogP contribution >= 0.6 is 11.3 Å². The fourth-order valence-corrected chi connectivity index (χ4v) is 11.9. The number of carbonyl (C=O) groups is 6. The summed E-state index contributed by atoms with van der Waals surface area (Å²) in [7, 11) is 0. The maximum absolute atomic E-state index is 14.2. The van der Waals surface area contributed by atoms with Crippen LogP contribution in [0.4, 0.5) is 5.13 Å². The van der Waals surface area contributed by atoms with Crippen LogP contribution in [0.1, 0.15) is 146 Å². The summed E-state index contributed by atoms with van der Waals surface area (Å²) in [5, 5.41) is 9.43. The number of thiazole rings is 1. The predicted octanol–water partition coefficient (Wildman–Crippen LogP) is 15.0. The minimum atomic E-state index is -0.427. The summed E-state index contributed by atoms with van der Waals surface area (Å²) in [5.41, 5.74) is 2.35. The lowest BCUT2D eigenvalue weighted by atomic mass is 9.79. The van der Waals surface area contributed by atoms with E-state index in [1.165, 1.54) is 0 Å². The van der Waals surface area contributed by atoms with Gasteiger partial charge in [0.25, 0.3) is 0 Å². The Morgan fingerprint density at radius 1 is 0.545 bits per heavy atom. The first-order valence-electron chi connectivity index (χ1n) is 31.4. The first kappa shape index (κ1) is 65.8. The fourth-order valence-electron chi connectivity index (χ4n) is 11.0. The Balaban J connectivity index is 0.853. The first-order chi connectivity index (χ1) is 42.9. The number of nitrogens with zero attached hydrogens (tertiary/aromatic N) is 3. The number of Topliss-reactive ketones (excluding diaryl/α,β-unsaturated/α-hetero) is 1. The number of hydrogen-bond acceptors (Lipinski definition) is 17. The summed E-state index contributed by atoms with van der Waals surface area (Å²) in [6, 6.07) is 31.8. The third kappa shape index (κ3) is 20.7. The Hall–Kier alpha value is -8.18. The summed E-state index contributed by atoms with van der Waals surface area (Å²) in [4.78, 5) is 82.1. The van der Waals surface area contributed by atoms with Crippen LogP contribution in [0.25, 0.3) is 21.0 Å². The molecule has 6 aromatic rings. The van der Waals surface area contributed by atoms with Crippen molar-refractivity contribution in [3.8, 4) is 28.7 Å². The first-order valence-corrected chi connectivity index (χ1v) is 32.2. The van der Waals surface area contributed by atoms with Crippen LogP contribution in [0, 0.1) is 23.7 Å². The second-order valence-corrected chi connectivity index (χ2v) is 23.7. The van der Waals surface area contributed by atoms with E-state index in [-0.39, 0.29) is 47.9 Å². The van der Waals surface area contributed by atoms with Gasteiger partial charge in [0.05, 0.1) is 60.6 Å². The van der Waals surface area contributed by atoms with E-state index in [0.717, 1.165) is 121 Å². The van der Waals surface area contributed by atoms with Gasteiger partial charge in [0.2, 0.25) is 5.13 Å². The molecule has 1 aromatic heterocycles. The van der Waals surface area contributed by atoms with E-state index in [1.54, 1.807) is 66.1 Å². The average Bonchev–Trinajstić information content (AvgIpc) is 3.59. The maximum Gasteiger partial charge on any atom is 0.330 e. The number of para-hydroxylation sites is 1. The lowest BCUT2D eigenvalue weighted by Gasteiger charge is -2.26. The molecular weight excluding hydrogens is 1130 g/mol. The molecule has 2 aliphatic rings. The van der Waals surface area contributed by atoms with E-state index < -0.39 is 17.9 Å². The average molecular weight is 1220 g/mol. The Morgan fingerprint density at radius 3 is 1.58 bits per heavy atom. The predicted molar refractivity (Wildman–Crippen MR) is 342 cm³/mol. The van der Waals surface area contributed by atoms with Gasteiger partial charge in [0.1, 0.15) is 34.5 Å². The smallest absolute Gasteiger partial charge is 0.330 e. The molecule has 17 heteroatoms. The molecule has 0 aliphatic heterocycles. The summed E-state index contributed by atoms with van der Waals surface area (Å²) >= 11 is 1.57. The Kier molecular flexibility index (Phi) is 26.1. The molecule has 1 heterocycles. The summed E-state index contributed by atoms with van der Waals surface area (Å²) in [6.07, 6.45) is 19.7. The topological polar surface area (TPSA) is 196 Å². The third-order valence-electron chi connectivity index (χ3n) is 16.1. The lowest BCUT2D eigenvalue weighted by molar-refractivity contribution is -0.145. The highest BCUT2D eigenvalue weighted by molar-refractivity contribution is 7.22. The minimum Gasteiger partial charge on any atom is -0.494 e. The number of fused-ring (bicyclic) bond motifs is 2. The van der Waals surface area contributed by atoms with Crippen molar-refractivity contribution in [2.75, 3.05) is 38.0 Å². The fraction of sp³-hybridized carbons (Fsp3) is 0.437. The lowest BCUT2D eigenvalue weighted by Crippen LogP contribution is -2.30. The summed E-state index contributed by atoms with van der Waals surface area (Å²) in [5.74, 6) is -0.366. The highest BCUT2D eigenvalue weighted by Gasteiger charge is 2.34. The monoisotopic (exact) mass is 1220 g/mol. The Bertz CT molecular complexity index is 3270. The van der Waals surface area contributed by atoms with E-state index >= 15 is 0 Å². The zero-order chi connectivity index (χ0) is 61.9. The molecule has 88 heavy (non-hydrogen) atoms. The van der Waals surface area contributed by atoms with Gasteiger partial charge >= 0.3 is 29.8 Å². The molecule has 0 unspecified atom stereocenters. The quantitative estimate of drug-likeness (QED) is 0.00909. The molecule has 2 fully saturated rings. The van der Waals surface area contributed by atoms with E-state index in [2.05, 4.69) is 26.1 Å². The van der Waals surface area contributed by atoms with Crippen LogP contribution in [0.5, 0.6) is 28.7 Å². The number of unbranched alkanes of at least 4 members (excludes halogenated alkanes) is 9. The molecule has 0 amide bonds. The summed E-state index contributed by atoms with van der Waals surface area (Å²) in [6.45, 7) is 11.5. The number of ether oxygens (including phenoxy) is 7. The van der Waals surface area contributed by atoms with Crippen molar-refractivity contribution in [3.05, 3.63) is 140 Å². The standard InChI is InChI=1S/C71H83N3O13S/c1-4-7-8-15-40-74(71-73-62-20-13-14-21-65(62)88-71)72-49-57-47-56-45-50(46-63(75)51-24-26-52(27-25-51)68(78)85-60-36-32-58(33-37-60)81-41-16-9-11-18-43-83-66(76)5-2)22-23-55(56)48-64(57)87-70(80)54-30-28-53(29-31-54)69(79)86-61-38-34-59(35-39-61)82-42-17-10-12-19-44-84-67(77)6-3/h5-6,13-14,20-23,32-39,45,47-49,51-54H,2-4,7-12,15-19,24-31,40-44,46H2,1H3. The Morgan fingerprint density at radius 2 is 1.05 bits per heavy atom. The SMILES string of the molecule is C=CC(=O)OCCCCCCOc1ccc(OC(=O)C2CCC(C(=O)Cc3ccc4cc(OC(=O)C5CCC(C(=O)Oc6ccc(OCCCCCCOC(=O)C=C)cc6)CC5)c(C=NN(CCCCCC)c5nc6ccccc6s5)cc4c3)CC2)cc1. The van der Waals surface area contributed by atoms with Gasteiger partial charge in [-0.2, -0.15) is 5.10 Å². The number of hydrazone groups is 1. The van der Waals surface area contributed by atoms with Crippen molar-refractivity contribution >= 4 is 79.3 Å². The van der Waals surface area contributed by atoms with Crippen LogP contribution in [0.2, 0.25) is 0 Å². The van der Waals surface area contributed by atoms with Crippen LogP contribution in [0.15, 0.2) is 134 Å². The van der Waals surface area contributed by atoms with Gasteiger partial charge in [-0.3, -0.25) is 19.2 Å². The van der Waals surface area contributed by atoms with E-state index in [0.29, 0.717) is 119 Å². The largest absolute Gasteiger partial charge is 0.494 e. The van der Waals surface area contributed by atoms with Crippen molar-refractivity contribution in [2.24, 2.45) is 28.8 Å². The molecule has 0 radical (unpaired) electrons. The highest BCUT2D eigenvalue weighted by Crippen LogP contribution is 2.36. The molecule has 0 saturated heterocycles. The van der Waals surface area contributed by atoms with E-state index in [9.17, 15) is 28.8 Å². The van der Waals surface area contributed by atoms with E-state index in [4.69, 9.17) is 43.2 Å². The molecule has 16 nitrogen and oxygen atoms in total. The summed E-state index contributed by atoms with van der Waals surface area (Å²) < 4.78 is 40.7. The zero-order valence-corrected chi connectivity index (χ0v) is 51.5. The molecule has 466 valence electrons. The van der Waals surface area contributed by atoms with Gasteiger partial charge in [-0.15, -0.1) is 0 Å². The minimum absolute atomic E-state index is 0.128. The van der Waals surface area contributed by atoms with Crippen molar-refractivity contribution in [1.29, 1.82) is 0 Å². The van der Waals surface area contributed by atoms with Crippen LogP contribution in [-0.2, 0) is 44.7 Å². The maximum atomic E-state index is 14.2. The van der Waals surface area contributed by atoms with Crippen molar-refractivity contribution < 1.29 is 61.9 Å². The number of benzene rings is 5. The Labute approximate surface area is 520 Å². The molecule has 0 N–H and O–H groups in total.